The van der Waals surface area contributed by atoms with Crippen LogP contribution in [0, 0.1) is 0 Å². The van der Waals surface area contributed by atoms with Crippen LogP contribution < -0.4 is 5.32 Å². The van der Waals surface area contributed by atoms with Crippen molar-refractivity contribution in [2.24, 2.45) is 0 Å². The van der Waals surface area contributed by atoms with E-state index in [4.69, 9.17) is 0 Å². The maximum absolute atomic E-state index is 10.0. The van der Waals surface area contributed by atoms with Crippen molar-refractivity contribution >= 4 is 0 Å². The van der Waals surface area contributed by atoms with Gasteiger partial charge in [-0.1, -0.05) is 67.6 Å². The molecule has 106 valence electrons. The molecule has 0 aliphatic heterocycles. The Morgan fingerprint density at radius 1 is 0.900 bits per heavy atom. The normalized spacial score (nSPS) is 13.9. The highest BCUT2D eigenvalue weighted by Gasteiger charge is 2.07. The number of benzene rings is 2. The minimum Gasteiger partial charge on any atom is -0.387 e. The lowest BCUT2D eigenvalue weighted by molar-refractivity contribution is 0.174. The zero-order valence-corrected chi connectivity index (χ0v) is 12.0. The molecule has 0 bridgehead atoms. The largest absolute Gasteiger partial charge is 0.387 e. The van der Waals surface area contributed by atoms with Gasteiger partial charge in [0.15, 0.2) is 0 Å². The van der Waals surface area contributed by atoms with E-state index in [2.05, 4.69) is 36.5 Å². The van der Waals surface area contributed by atoms with Gasteiger partial charge in [-0.3, -0.25) is 0 Å². The highest BCUT2D eigenvalue weighted by atomic mass is 16.3. The van der Waals surface area contributed by atoms with Crippen LogP contribution in [0.25, 0.3) is 0 Å². The highest BCUT2D eigenvalue weighted by Crippen LogP contribution is 2.17. The standard InChI is InChI=1S/C18H23NO/c1-15(16-8-4-2-5-9-16)12-13-19-14-18(20)17-10-6-3-7-11-17/h2-11,15,18-20H,12-14H2,1H3. The molecule has 0 fully saturated rings. The molecule has 0 spiro atoms. The first-order chi connectivity index (χ1) is 9.77. The molecular formula is C18H23NO. The van der Waals surface area contributed by atoms with Gasteiger partial charge in [0, 0.05) is 6.54 Å². The zero-order valence-electron chi connectivity index (χ0n) is 12.0. The van der Waals surface area contributed by atoms with Crippen LogP contribution in [0.15, 0.2) is 60.7 Å². The van der Waals surface area contributed by atoms with Gasteiger partial charge in [-0.15, -0.1) is 0 Å². The molecule has 0 amide bonds. The lowest BCUT2D eigenvalue weighted by Crippen LogP contribution is -2.23. The van der Waals surface area contributed by atoms with E-state index in [1.165, 1.54) is 5.56 Å². The first-order valence-corrected chi connectivity index (χ1v) is 7.26. The second-order valence-corrected chi connectivity index (χ2v) is 5.23. The van der Waals surface area contributed by atoms with Crippen molar-refractivity contribution in [3.63, 3.8) is 0 Å². The van der Waals surface area contributed by atoms with Gasteiger partial charge in [-0.25, -0.2) is 0 Å². The van der Waals surface area contributed by atoms with Gasteiger partial charge >= 0.3 is 0 Å². The summed E-state index contributed by atoms with van der Waals surface area (Å²) >= 11 is 0. The minimum absolute atomic E-state index is 0.428. The van der Waals surface area contributed by atoms with E-state index in [0.29, 0.717) is 12.5 Å². The fraction of sp³-hybridized carbons (Fsp3) is 0.333. The van der Waals surface area contributed by atoms with Crippen LogP contribution in [0.2, 0.25) is 0 Å². The van der Waals surface area contributed by atoms with E-state index in [9.17, 15) is 5.11 Å². The van der Waals surface area contributed by atoms with Crippen molar-refractivity contribution in [3.8, 4) is 0 Å². The van der Waals surface area contributed by atoms with E-state index in [-0.39, 0.29) is 0 Å². The average Bonchev–Trinajstić information content (AvgIpc) is 2.53. The number of rotatable bonds is 7. The first kappa shape index (κ1) is 14.8. The summed E-state index contributed by atoms with van der Waals surface area (Å²) in [5, 5.41) is 13.4. The molecule has 2 unspecified atom stereocenters. The van der Waals surface area contributed by atoms with Crippen LogP contribution in [0.5, 0.6) is 0 Å². The summed E-state index contributed by atoms with van der Waals surface area (Å²) in [7, 11) is 0. The van der Waals surface area contributed by atoms with E-state index >= 15 is 0 Å². The predicted octanol–water partition coefficient (Wildman–Crippen LogP) is 3.50. The monoisotopic (exact) mass is 269 g/mol. The summed E-state index contributed by atoms with van der Waals surface area (Å²) in [6, 6.07) is 20.3. The predicted molar refractivity (Wildman–Crippen MR) is 83.7 cm³/mol. The van der Waals surface area contributed by atoms with Crippen LogP contribution in [0.3, 0.4) is 0 Å². The fourth-order valence-corrected chi connectivity index (χ4v) is 2.30. The average molecular weight is 269 g/mol. The lowest BCUT2D eigenvalue weighted by Gasteiger charge is -2.15. The Balaban J connectivity index is 1.69. The molecule has 0 aromatic heterocycles. The van der Waals surface area contributed by atoms with Crippen molar-refractivity contribution in [1.29, 1.82) is 0 Å². The SMILES string of the molecule is CC(CCNCC(O)c1ccccc1)c1ccccc1. The van der Waals surface area contributed by atoms with Crippen LogP contribution >= 0.6 is 0 Å². The van der Waals surface area contributed by atoms with E-state index in [1.54, 1.807) is 0 Å². The Morgan fingerprint density at radius 3 is 2.05 bits per heavy atom. The summed E-state index contributed by atoms with van der Waals surface area (Å²) in [5.74, 6) is 0.539. The van der Waals surface area contributed by atoms with Crippen molar-refractivity contribution in [1.82, 2.24) is 5.32 Å². The molecule has 0 saturated heterocycles. The second kappa shape index (κ2) is 7.83. The second-order valence-electron chi connectivity index (χ2n) is 5.23. The van der Waals surface area contributed by atoms with Crippen LogP contribution in [-0.4, -0.2) is 18.2 Å². The molecule has 2 N–H and O–H groups in total. The molecule has 0 aliphatic rings. The number of aliphatic hydroxyl groups excluding tert-OH is 1. The van der Waals surface area contributed by atoms with Crippen molar-refractivity contribution < 1.29 is 5.11 Å². The van der Waals surface area contributed by atoms with Crippen LogP contribution in [0.1, 0.15) is 36.5 Å². The molecule has 20 heavy (non-hydrogen) atoms. The molecule has 2 aromatic carbocycles. The molecule has 2 atom stereocenters. The number of hydrogen-bond donors (Lipinski definition) is 2. The molecule has 0 saturated carbocycles. The smallest absolute Gasteiger partial charge is 0.0914 e. The van der Waals surface area contributed by atoms with Crippen LogP contribution in [-0.2, 0) is 0 Å². The van der Waals surface area contributed by atoms with E-state index < -0.39 is 6.10 Å². The molecule has 2 heteroatoms. The van der Waals surface area contributed by atoms with Gasteiger partial charge in [0.1, 0.15) is 0 Å². The van der Waals surface area contributed by atoms with Crippen LogP contribution in [0.4, 0.5) is 0 Å². The Hall–Kier alpha value is -1.64. The van der Waals surface area contributed by atoms with E-state index in [0.717, 1.165) is 18.5 Å². The quantitative estimate of drug-likeness (QED) is 0.754. The zero-order chi connectivity index (χ0) is 14.2. The molecule has 2 nitrogen and oxygen atoms in total. The summed E-state index contributed by atoms with van der Waals surface area (Å²) in [4.78, 5) is 0. The number of nitrogens with one attached hydrogen (secondary N) is 1. The molecular weight excluding hydrogens is 246 g/mol. The van der Waals surface area contributed by atoms with Gasteiger partial charge < -0.3 is 10.4 Å². The van der Waals surface area contributed by atoms with Crippen molar-refractivity contribution in [3.05, 3.63) is 71.8 Å². The first-order valence-electron chi connectivity index (χ1n) is 7.26. The number of aliphatic hydroxyl groups is 1. The summed E-state index contributed by atoms with van der Waals surface area (Å²) in [5.41, 5.74) is 2.34. The van der Waals surface area contributed by atoms with Gasteiger partial charge in [-0.2, -0.15) is 0 Å². The molecule has 0 radical (unpaired) electrons. The highest BCUT2D eigenvalue weighted by molar-refractivity contribution is 5.19. The van der Waals surface area contributed by atoms with Crippen molar-refractivity contribution in [2.45, 2.75) is 25.4 Å². The minimum atomic E-state index is -0.428. The maximum atomic E-state index is 10.0. The van der Waals surface area contributed by atoms with Gasteiger partial charge in [0.05, 0.1) is 6.10 Å². The van der Waals surface area contributed by atoms with E-state index in [1.807, 2.05) is 36.4 Å². The molecule has 2 aromatic rings. The third kappa shape index (κ3) is 4.48. The summed E-state index contributed by atoms with van der Waals surface area (Å²) < 4.78 is 0. The Morgan fingerprint density at radius 2 is 1.45 bits per heavy atom. The summed E-state index contributed by atoms with van der Waals surface area (Å²) in [6.45, 7) is 3.76. The Labute approximate surface area is 121 Å². The Kier molecular flexibility index (Phi) is 5.78. The Bertz CT molecular complexity index is 436. The molecule has 0 aliphatic carbocycles. The number of hydrogen-bond acceptors (Lipinski definition) is 2. The third-order valence-electron chi connectivity index (χ3n) is 3.64. The lowest BCUT2D eigenvalue weighted by atomic mass is 9.98. The summed E-state index contributed by atoms with van der Waals surface area (Å²) in [6.07, 6.45) is 0.647. The topological polar surface area (TPSA) is 32.3 Å². The molecule has 2 rings (SSSR count). The third-order valence-corrected chi connectivity index (χ3v) is 3.64. The fourth-order valence-electron chi connectivity index (χ4n) is 2.30. The molecule has 0 heterocycles. The van der Waals surface area contributed by atoms with Gasteiger partial charge in [-0.05, 0) is 30.0 Å². The van der Waals surface area contributed by atoms with Crippen molar-refractivity contribution in [2.75, 3.05) is 13.1 Å². The maximum Gasteiger partial charge on any atom is 0.0914 e. The van der Waals surface area contributed by atoms with Gasteiger partial charge in [0.2, 0.25) is 0 Å². The van der Waals surface area contributed by atoms with Gasteiger partial charge in [0.25, 0.3) is 0 Å².